The lowest BCUT2D eigenvalue weighted by Crippen LogP contribution is -2.50. The Balaban J connectivity index is 1.67. The van der Waals surface area contributed by atoms with E-state index in [1.807, 2.05) is 0 Å². The number of likely N-dealkylation sites (N-methyl/N-ethyl adjacent to an activating group) is 1. The van der Waals surface area contributed by atoms with Crippen LogP contribution in [0.15, 0.2) is 34.1 Å². The topological polar surface area (TPSA) is 108 Å². The van der Waals surface area contributed by atoms with Crippen molar-refractivity contribution >= 4 is 21.1 Å². The van der Waals surface area contributed by atoms with Crippen molar-refractivity contribution in [1.82, 2.24) is 29.3 Å². The van der Waals surface area contributed by atoms with E-state index in [9.17, 15) is 8.42 Å². The van der Waals surface area contributed by atoms with Gasteiger partial charge in [-0.3, -0.25) is 4.90 Å². The Morgan fingerprint density at radius 1 is 1.35 bits per heavy atom. The van der Waals surface area contributed by atoms with Crippen LogP contribution in [0.1, 0.15) is 24.5 Å². The summed E-state index contributed by atoms with van der Waals surface area (Å²) in [5.41, 5.74) is 0.958. The van der Waals surface area contributed by atoms with Crippen molar-refractivity contribution in [3.8, 4) is 0 Å². The number of rotatable bonds is 4. The molecule has 9 nitrogen and oxygen atoms in total. The highest BCUT2D eigenvalue weighted by Gasteiger charge is 2.35. The van der Waals surface area contributed by atoms with E-state index in [0.717, 1.165) is 12.4 Å². The maximum absolute atomic E-state index is 13.2. The van der Waals surface area contributed by atoms with Gasteiger partial charge in [-0.15, -0.1) is 0 Å². The van der Waals surface area contributed by atoms with Crippen molar-refractivity contribution in [2.45, 2.75) is 24.8 Å². The first-order chi connectivity index (χ1) is 12.5. The standard InChI is InChI=1S/C16H20N6O3S/c1-3-21-6-7-22(10-14(21)15-17-4-5-18-15)26(23,24)12-8-13-11(2)20-25-16(13)19-9-12/h4-5,8-9,14H,3,6-7,10H2,1-2H3,(H,17,18)/t14-/m0/s1. The fraction of sp³-hybridized carbons (Fsp3) is 0.438. The number of fused-ring (bicyclic) bond motifs is 1. The van der Waals surface area contributed by atoms with Gasteiger partial charge in [0.2, 0.25) is 10.0 Å². The zero-order chi connectivity index (χ0) is 18.3. The molecule has 26 heavy (non-hydrogen) atoms. The van der Waals surface area contributed by atoms with Crippen LogP contribution in [-0.2, 0) is 10.0 Å². The third-order valence-electron chi connectivity index (χ3n) is 4.82. The van der Waals surface area contributed by atoms with Crippen LogP contribution in [0.5, 0.6) is 0 Å². The van der Waals surface area contributed by atoms with E-state index in [0.29, 0.717) is 36.4 Å². The van der Waals surface area contributed by atoms with Gasteiger partial charge >= 0.3 is 0 Å². The van der Waals surface area contributed by atoms with Crippen molar-refractivity contribution in [3.05, 3.63) is 36.2 Å². The van der Waals surface area contributed by atoms with Gasteiger partial charge in [-0.05, 0) is 19.5 Å². The van der Waals surface area contributed by atoms with E-state index < -0.39 is 10.0 Å². The van der Waals surface area contributed by atoms with Crippen LogP contribution >= 0.6 is 0 Å². The zero-order valence-corrected chi connectivity index (χ0v) is 15.4. The highest BCUT2D eigenvalue weighted by Crippen LogP contribution is 2.28. The van der Waals surface area contributed by atoms with Crippen LogP contribution in [0.2, 0.25) is 0 Å². The number of aromatic amines is 1. The van der Waals surface area contributed by atoms with E-state index in [1.165, 1.54) is 10.5 Å². The van der Waals surface area contributed by atoms with Crippen LogP contribution in [0.3, 0.4) is 0 Å². The molecule has 0 bridgehead atoms. The summed E-state index contributed by atoms with van der Waals surface area (Å²) in [6, 6.07) is 1.48. The second kappa shape index (κ2) is 6.45. The molecule has 10 heteroatoms. The molecule has 0 unspecified atom stereocenters. The molecule has 1 aliphatic heterocycles. The summed E-state index contributed by atoms with van der Waals surface area (Å²) in [5.74, 6) is 0.773. The molecular formula is C16H20N6O3S. The summed E-state index contributed by atoms with van der Waals surface area (Å²) in [6.07, 6.45) is 4.77. The maximum Gasteiger partial charge on any atom is 0.257 e. The van der Waals surface area contributed by atoms with Crippen molar-refractivity contribution in [1.29, 1.82) is 0 Å². The third-order valence-corrected chi connectivity index (χ3v) is 6.65. The molecule has 0 aromatic carbocycles. The van der Waals surface area contributed by atoms with Gasteiger partial charge in [0.1, 0.15) is 10.7 Å². The van der Waals surface area contributed by atoms with E-state index >= 15 is 0 Å². The highest BCUT2D eigenvalue weighted by atomic mass is 32.2. The first-order valence-corrected chi connectivity index (χ1v) is 9.90. The minimum Gasteiger partial charge on any atom is -0.347 e. The largest absolute Gasteiger partial charge is 0.347 e. The first kappa shape index (κ1) is 17.1. The van der Waals surface area contributed by atoms with E-state index in [1.54, 1.807) is 25.4 Å². The summed E-state index contributed by atoms with van der Waals surface area (Å²) >= 11 is 0. The Kier molecular flexibility index (Phi) is 4.25. The van der Waals surface area contributed by atoms with Crippen LogP contribution < -0.4 is 0 Å². The molecule has 1 fully saturated rings. The predicted octanol–water partition coefficient (Wildman–Crippen LogP) is 1.32. The second-order valence-electron chi connectivity index (χ2n) is 6.27. The SMILES string of the molecule is CCN1CCN(S(=O)(=O)c2cnc3onc(C)c3c2)C[C@H]1c1ncc[nH]1. The minimum absolute atomic E-state index is 0.104. The summed E-state index contributed by atoms with van der Waals surface area (Å²) in [6.45, 7) is 6.05. The van der Waals surface area contributed by atoms with Gasteiger partial charge in [-0.25, -0.2) is 18.4 Å². The Bertz CT molecular complexity index is 1010. The number of nitrogens with zero attached hydrogens (tertiary/aromatic N) is 5. The average molecular weight is 376 g/mol. The lowest BCUT2D eigenvalue weighted by atomic mass is 10.2. The van der Waals surface area contributed by atoms with Gasteiger partial charge in [-0.1, -0.05) is 12.1 Å². The fourth-order valence-corrected chi connectivity index (χ4v) is 4.74. The van der Waals surface area contributed by atoms with Gasteiger partial charge < -0.3 is 9.51 Å². The molecule has 1 saturated heterocycles. The van der Waals surface area contributed by atoms with Crippen molar-refractivity contribution in [2.24, 2.45) is 0 Å². The number of aryl methyl sites for hydroxylation is 1. The molecule has 1 aliphatic rings. The van der Waals surface area contributed by atoms with Gasteiger partial charge in [0.05, 0.1) is 23.3 Å². The Labute approximate surface area is 151 Å². The summed E-state index contributed by atoms with van der Waals surface area (Å²) in [7, 11) is -3.67. The molecular weight excluding hydrogens is 356 g/mol. The molecule has 0 amide bonds. The monoisotopic (exact) mass is 376 g/mol. The molecule has 4 heterocycles. The third kappa shape index (κ3) is 2.79. The summed E-state index contributed by atoms with van der Waals surface area (Å²) < 4.78 is 32.9. The highest BCUT2D eigenvalue weighted by molar-refractivity contribution is 7.89. The molecule has 0 aliphatic carbocycles. The molecule has 1 atom stereocenters. The molecule has 0 radical (unpaired) electrons. The molecule has 1 N–H and O–H groups in total. The van der Waals surface area contributed by atoms with Crippen molar-refractivity contribution < 1.29 is 12.9 Å². The lowest BCUT2D eigenvalue weighted by molar-refractivity contribution is 0.119. The Hall–Kier alpha value is -2.30. The number of pyridine rings is 1. The second-order valence-corrected chi connectivity index (χ2v) is 8.21. The predicted molar refractivity (Wildman–Crippen MR) is 93.9 cm³/mol. The smallest absolute Gasteiger partial charge is 0.257 e. The number of H-pyrrole nitrogens is 1. The van der Waals surface area contributed by atoms with Crippen molar-refractivity contribution in [2.75, 3.05) is 26.2 Å². The van der Waals surface area contributed by atoms with Gasteiger partial charge in [0, 0.05) is 32.0 Å². The van der Waals surface area contributed by atoms with Gasteiger partial charge in [-0.2, -0.15) is 4.31 Å². The number of piperazine rings is 1. The van der Waals surface area contributed by atoms with E-state index in [-0.39, 0.29) is 10.9 Å². The number of sulfonamides is 1. The van der Waals surface area contributed by atoms with Gasteiger partial charge in [0.25, 0.3) is 5.71 Å². The Morgan fingerprint density at radius 3 is 2.92 bits per heavy atom. The zero-order valence-electron chi connectivity index (χ0n) is 14.6. The van der Waals surface area contributed by atoms with Gasteiger partial charge in [0.15, 0.2) is 0 Å². The van der Waals surface area contributed by atoms with Crippen LogP contribution in [0, 0.1) is 6.92 Å². The van der Waals surface area contributed by atoms with Crippen molar-refractivity contribution in [3.63, 3.8) is 0 Å². The quantitative estimate of drug-likeness (QED) is 0.731. The summed E-state index contributed by atoms with van der Waals surface area (Å²) in [4.78, 5) is 13.9. The average Bonchev–Trinajstić information content (AvgIpc) is 3.31. The van der Waals surface area contributed by atoms with Crippen LogP contribution in [-0.4, -0.2) is 63.9 Å². The van der Waals surface area contributed by atoms with Crippen LogP contribution in [0.25, 0.3) is 11.1 Å². The number of aromatic nitrogens is 4. The molecule has 3 aromatic rings. The first-order valence-electron chi connectivity index (χ1n) is 8.46. The molecule has 0 spiro atoms. The normalized spacial score (nSPS) is 20.0. The number of hydrogen-bond donors (Lipinski definition) is 1. The van der Waals surface area contributed by atoms with Crippen LogP contribution in [0.4, 0.5) is 0 Å². The maximum atomic E-state index is 13.2. The fourth-order valence-electron chi connectivity index (χ4n) is 3.33. The lowest BCUT2D eigenvalue weighted by Gasteiger charge is -2.39. The summed E-state index contributed by atoms with van der Waals surface area (Å²) in [5, 5.41) is 4.45. The molecule has 138 valence electrons. The number of hydrogen-bond acceptors (Lipinski definition) is 7. The minimum atomic E-state index is -3.67. The number of nitrogens with one attached hydrogen (secondary N) is 1. The van der Waals surface area contributed by atoms with E-state index in [4.69, 9.17) is 4.52 Å². The Morgan fingerprint density at radius 2 is 2.19 bits per heavy atom. The molecule has 4 rings (SSSR count). The molecule has 0 saturated carbocycles. The molecule has 3 aromatic heterocycles. The number of imidazole rings is 1. The van der Waals surface area contributed by atoms with E-state index in [2.05, 4.69) is 31.9 Å².